The van der Waals surface area contributed by atoms with E-state index in [0.29, 0.717) is 6.54 Å². The van der Waals surface area contributed by atoms with E-state index in [1.807, 2.05) is 18.2 Å². The average Bonchev–Trinajstić information content (AvgIpc) is 2.58. The Bertz CT molecular complexity index is 546. The lowest BCUT2D eigenvalue weighted by molar-refractivity contribution is 0.0827. The van der Waals surface area contributed by atoms with Gasteiger partial charge in [-0.1, -0.05) is 25.5 Å². The molecule has 5 nitrogen and oxygen atoms in total. The first-order valence-corrected chi connectivity index (χ1v) is 8.79. The first-order valence-electron chi connectivity index (χ1n) is 8.79. The van der Waals surface area contributed by atoms with Crippen LogP contribution >= 0.6 is 24.0 Å². The number of hydrogen-bond acceptors (Lipinski definition) is 2. The number of guanidine groups is 1. The lowest BCUT2D eigenvalue weighted by atomic mass is 10.1. The SMILES string of the molecule is CCCCN(C)C(=NCCc1cccc(C(=O)N(C)C)c1)NCC.I. The molecule has 0 aliphatic rings. The highest BCUT2D eigenvalue weighted by Gasteiger charge is 2.08. The van der Waals surface area contributed by atoms with E-state index in [2.05, 4.69) is 37.2 Å². The predicted molar refractivity (Wildman–Crippen MR) is 117 cm³/mol. The number of carbonyl (C=O) groups excluding carboxylic acids is 1. The number of rotatable bonds is 8. The molecular formula is C19H33IN4O. The zero-order chi connectivity index (χ0) is 17.9. The molecule has 142 valence electrons. The van der Waals surface area contributed by atoms with Crippen LogP contribution in [0.25, 0.3) is 0 Å². The Hall–Kier alpha value is -1.31. The second-order valence-corrected chi connectivity index (χ2v) is 6.16. The molecule has 0 spiro atoms. The molecule has 6 heteroatoms. The van der Waals surface area contributed by atoms with E-state index >= 15 is 0 Å². The summed E-state index contributed by atoms with van der Waals surface area (Å²) in [6.07, 6.45) is 3.16. The molecule has 1 aromatic rings. The van der Waals surface area contributed by atoms with E-state index in [1.165, 1.54) is 6.42 Å². The first kappa shape index (κ1) is 23.7. The van der Waals surface area contributed by atoms with Gasteiger partial charge in [0.05, 0.1) is 0 Å². The minimum Gasteiger partial charge on any atom is -0.357 e. The fourth-order valence-corrected chi connectivity index (χ4v) is 2.38. The van der Waals surface area contributed by atoms with Crippen LogP contribution in [0.5, 0.6) is 0 Å². The number of unbranched alkanes of at least 4 members (excludes halogenated alkanes) is 1. The third-order valence-electron chi connectivity index (χ3n) is 3.79. The van der Waals surface area contributed by atoms with Crippen molar-refractivity contribution in [2.45, 2.75) is 33.1 Å². The summed E-state index contributed by atoms with van der Waals surface area (Å²) >= 11 is 0. The molecule has 0 aromatic heterocycles. The number of amides is 1. The van der Waals surface area contributed by atoms with Crippen LogP contribution in [0.2, 0.25) is 0 Å². The maximum Gasteiger partial charge on any atom is 0.253 e. The van der Waals surface area contributed by atoms with Gasteiger partial charge in [-0.2, -0.15) is 0 Å². The summed E-state index contributed by atoms with van der Waals surface area (Å²) in [4.78, 5) is 20.5. The van der Waals surface area contributed by atoms with Crippen molar-refractivity contribution in [3.8, 4) is 0 Å². The molecule has 1 aromatic carbocycles. The van der Waals surface area contributed by atoms with Crippen LogP contribution in [0.15, 0.2) is 29.3 Å². The maximum atomic E-state index is 12.0. The van der Waals surface area contributed by atoms with Crippen molar-refractivity contribution in [1.82, 2.24) is 15.1 Å². The molecule has 1 N–H and O–H groups in total. The van der Waals surface area contributed by atoms with Crippen molar-refractivity contribution in [2.24, 2.45) is 4.99 Å². The van der Waals surface area contributed by atoms with Gasteiger partial charge in [0, 0.05) is 46.3 Å². The van der Waals surface area contributed by atoms with Gasteiger partial charge < -0.3 is 15.1 Å². The lowest BCUT2D eigenvalue weighted by Crippen LogP contribution is -2.39. The van der Waals surface area contributed by atoms with Crippen LogP contribution in [0, 0.1) is 0 Å². The summed E-state index contributed by atoms with van der Waals surface area (Å²) in [5.41, 5.74) is 1.87. The quantitative estimate of drug-likeness (QED) is 0.368. The molecule has 0 atom stereocenters. The molecule has 0 radical (unpaired) electrons. The van der Waals surface area contributed by atoms with Gasteiger partial charge in [-0.05, 0) is 37.5 Å². The monoisotopic (exact) mass is 460 g/mol. The van der Waals surface area contributed by atoms with E-state index in [1.54, 1.807) is 19.0 Å². The Morgan fingerprint density at radius 1 is 1.20 bits per heavy atom. The van der Waals surface area contributed by atoms with E-state index < -0.39 is 0 Å². The second kappa shape index (κ2) is 13.0. The van der Waals surface area contributed by atoms with Gasteiger partial charge in [0.25, 0.3) is 5.91 Å². The molecule has 0 bridgehead atoms. The molecule has 0 aliphatic heterocycles. The zero-order valence-electron chi connectivity index (χ0n) is 16.2. The molecular weight excluding hydrogens is 427 g/mol. The van der Waals surface area contributed by atoms with Crippen LogP contribution in [0.4, 0.5) is 0 Å². The summed E-state index contributed by atoms with van der Waals surface area (Å²) in [7, 11) is 5.62. The number of benzene rings is 1. The Morgan fingerprint density at radius 3 is 2.52 bits per heavy atom. The largest absolute Gasteiger partial charge is 0.357 e. The standard InChI is InChI=1S/C19H32N4O.HI/c1-6-8-14-23(5)19(20-7-2)21-13-12-16-10-9-11-17(15-16)18(24)22(3)4;/h9-11,15H,6-8,12-14H2,1-5H3,(H,20,21);1H. The third kappa shape index (κ3) is 8.56. The minimum absolute atomic E-state index is 0. The number of halogens is 1. The predicted octanol–water partition coefficient (Wildman–Crippen LogP) is 3.25. The summed E-state index contributed by atoms with van der Waals surface area (Å²) in [6, 6.07) is 7.81. The van der Waals surface area contributed by atoms with E-state index in [-0.39, 0.29) is 29.9 Å². The molecule has 0 unspecified atom stereocenters. The van der Waals surface area contributed by atoms with E-state index in [0.717, 1.165) is 43.0 Å². The summed E-state index contributed by atoms with van der Waals surface area (Å²) in [5, 5.41) is 3.34. The van der Waals surface area contributed by atoms with Crippen molar-refractivity contribution >= 4 is 35.8 Å². The zero-order valence-corrected chi connectivity index (χ0v) is 18.5. The molecule has 0 heterocycles. The Morgan fingerprint density at radius 2 is 1.92 bits per heavy atom. The van der Waals surface area contributed by atoms with Crippen LogP contribution in [0.1, 0.15) is 42.6 Å². The first-order chi connectivity index (χ1) is 11.5. The fraction of sp³-hybridized carbons (Fsp3) is 0.579. The van der Waals surface area contributed by atoms with Crippen molar-refractivity contribution in [3.63, 3.8) is 0 Å². The van der Waals surface area contributed by atoms with Crippen molar-refractivity contribution in [2.75, 3.05) is 40.8 Å². The Labute approximate surface area is 169 Å². The summed E-state index contributed by atoms with van der Waals surface area (Å²) < 4.78 is 0. The maximum absolute atomic E-state index is 12.0. The highest BCUT2D eigenvalue weighted by molar-refractivity contribution is 14.0. The van der Waals surface area contributed by atoms with E-state index in [4.69, 9.17) is 4.99 Å². The molecule has 1 amide bonds. The van der Waals surface area contributed by atoms with Crippen molar-refractivity contribution in [3.05, 3.63) is 35.4 Å². The second-order valence-electron chi connectivity index (χ2n) is 6.16. The smallest absolute Gasteiger partial charge is 0.253 e. The highest BCUT2D eigenvalue weighted by atomic mass is 127. The molecule has 25 heavy (non-hydrogen) atoms. The number of hydrogen-bond donors (Lipinski definition) is 1. The molecule has 0 fully saturated rings. The molecule has 0 saturated heterocycles. The number of aliphatic imine (C=N–C) groups is 1. The van der Waals surface area contributed by atoms with Crippen LogP contribution in [-0.2, 0) is 6.42 Å². The van der Waals surface area contributed by atoms with Gasteiger partial charge in [0.1, 0.15) is 0 Å². The minimum atomic E-state index is 0. The van der Waals surface area contributed by atoms with Crippen molar-refractivity contribution < 1.29 is 4.79 Å². The Balaban J connectivity index is 0.00000576. The fourth-order valence-electron chi connectivity index (χ4n) is 2.38. The van der Waals surface area contributed by atoms with Crippen LogP contribution in [-0.4, -0.2) is 62.4 Å². The third-order valence-corrected chi connectivity index (χ3v) is 3.79. The Kier molecular flexibility index (Phi) is 12.3. The summed E-state index contributed by atoms with van der Waals surface area (Å²) in [6.45, 7) is 6.86. The van der Waals surface area contributed by atoms with Crippen LogP contribution in [0.3, 0.4) is 0 Å². The lowest BCUT2D eigenvalue weighted by Gasteiger charge is -2.21. The average molecular weight is 460 g/mol. The van der Waals surface area contributed by atoms with Gasteiger partial charge in [0.2, 0.25) is 0 Å². The van der Waals surface area contributed by atoms with Gasteiger partial charge in [0.15, 0.2) is 5.96 Å². The normalized spacial score (nSPS) is 10.8. The van der Waals surface area contributed by atoms with Gasteiger partial charge in [-0.25, -0.2) is 0 Å². The number of nitrogens with zero attached hydrogens (tertiary/aromatic N) is 3. The van der Waals surface area contributed by atoms with E-state index in [9.17, 15) is 4.79 Å². The number of carbonyl (C=O) groups is 1. The topological polar surface area (TPSA) is 47.9 Å². The number of nitrogens with one attached hydrogen (secondary N) is 1. The summed E-state index contributed by atoms with van der Waals surface area (Å²) in [5.74, 6) is 0.986. The van der Waals surface area contributed by atoms with Crippen molar-refractivity contribution in [1.29, 1.82) is 0 Å². The van der Waals surface area contributed by atoms with Crippen LogP contribution < -0.4 is 5.32 Å². The molecule has 0 saturated carbocycles. The van der Waals surface area contributed by atoms with Gasteiger partial charge in [-0.15, -0.1) is 24.0 Å². The molecule has 0 aliphatic carbocycles. The van der Waals surface area contributed by atoms with Gasteiger partial charge in [-0.3, -0.25) is 9.79 Å². The molecule has 1 rings (SSSR count). The highest BCUT2D eigenvalue weighted by Crippen LogP contribution is 2.08. The van der Waals surface area contributed by atoms with Gasteiger partial charge >= 0.3 is 0 Å².